The number of carbonyl (C=O) groups excluding carboxylic acids is 1. The second kappa shape index (κ2) is 7.62. The van der Waals surface area contributed by atoms with Crippen molar-refractivity contribution in [3.05, 3.63) is 33.9 Å². The van der Waals surface area contributed by atoms with Gasteiger partial charge in [-0.15, -0.1) is 0 Å². The molecule has 1 aromatic rings. The van der Waals surface area contributed by atoms with Crippen LogP contribution in [0.1, 0.15) is 26.3 Å². The van der Waals surface area contributed by atoms with Gasteiger partial charge in [0.15, 0.2) is 11.8 Å². The lowest BCUT2D eigenvalue weighted by Crippen LogP contribution is -2.46. The van der Waals surface area contributed by atoms with Gasteiger partial charge in [-0.1, -0.05) is 6.07 Å². The van der Waals surface area contributed by atoms with Crippen LogP contribution < -0.4 is 10.1 Å². The molecule has 24 heavy (non-hydrogen) atoms. The molecule has 132 valence electrons. The largest absolute Gasteiger partial charge is 0.484 e. The van der Waals surface area contributed by atoms with Crippen molar-refractivity contribution < 1.29 is 29.1 Å². The van der Waals surface area contributed by atoms with Crippen molar-refractivity contribution in [2.24, 2.45) is 0 Å². The van der Waals surface area contributed by atoms with E-state index < -0.39 is 35.2 Å². The summed E-state index contributed by atoms with van der Waals surface area (Å²) in [5.74, 6) is -1.43. The van der Waals surface area contributed by atoms with Crippen LogP contribution in [-0.2, 0) is 9.53 Å². The number of nitrogens with one attached hydrogen (secondary N) is 1. The molecule has 1 amide bonds. The number of hydrogen-bond acceptors (Lipinski definition) is 6. The van der Waals surface area contributed by atoms with E-state index in [1.807, 2.05) is 0 Å². The number of carboxylic acid groups (broad SMARTS) is 1. The number of hydrogen-bond donors (Lipinski definition) is 2. The molecule has 0 aliphatic rings. The van der Waals surface area contributed by atoms with Gasteiger partial charge in [0.1, 0.15) is 12.2 Å². The van der Waals surface area contributed by atoms with Crippen molar-refractivity contribution in [3.63, 3.8) is 0 Å². The van der Waals surface area contributed by atoms with Crippen molar-refractivity contribution in [2.45, 2.75) is 39.3 Å². The minimum atomic E-state index is -1.42. The maximum absolute atomic E-state index is 11.6. The molecule has 0 aliphatic heterocycles. The minimum Gasteiger partial charge on any atom is -0.484 e. The molecule has 0 aliphatic carbocycles. The van der Waals surface area contributed by atoms with Gasteiger partial charge in [0.25, 0.3) is 0 Å². The van der Waals surface area contributed by atoms with Gasteiger partial charge < -0.3 is 19.9 Å². The molecular formula is C15H20N2O7. The highest BCUT2D eigenvalue weighted by Gasteiger charge is 2.26. The summed E-state index contributed by atoms with van der Waals surface area (Å²) in [6.07, 6.45) is -0.920. The summed E-state index contributed by atoms with van der Waals surface area (Å²) in [7, 11) is 0. The van der Waals surface area contributed by atoms with Crippen LogP contribution in [0, 0.1) is 17.0 Å². The Labute approximate surface area is 138 Å². The summed E-state index contributed by atoms with van der Waals surface area (Å²) >= 11 is 0. The van der Waals surface area contributed by atoms with Gasteiger partial charge >= 0.3 is 17.7 Å². The number of nitro groups is 1. The Bertz CT molecular complexity index is 637. The van der Waals surface area contributed by atoms with Crippen LogP contribution in [0.4, 0.5) is 10.5 Å². The fourth-order valence-electron chi connectivity index (χ4n) is 1.69. The van der Waals surface area contributed by atoms with E-state index in [0.717, 1.165) is 0 Å². The molecule has 0 saturated carbocycles. The van der Waals surface area contributed by atoms with Gasteiger partial charge in [-0.2, -0.15) is 0 Å². The van der Waals surface area contributed by atoms with Crippen LogP contribution >= 0.6 is 0 Å². The van der Waals surface area contributed by atoms with Crippen LogP contribution in [0.5, 0.6) is 5.75 Å². The fourth-order valence-corrected chi connectivity index (χ4v) is 1.69. The Morgan fingerprint density at radius 1 is 1.38 bits per heavy atom. The Morgan fingerprint density at radius 3 is 2.50 bits per heavy atom. The molecule has 1 atom stereocenters. The molecule has 0 spiro atoms. The molecule has 0 fully saturated rings. The molecule has 0 bridgehead atoms. The first-order valence-corrected chi connectivity index (χ1v) is 7.10. The molecule has 9 heteroatoms. The summed E-state index contributed by atoms with van der Waals surface area (Å²) in [4.78, 5) is 33.2. The SMILES string of the molecule is Cc1ccc(OC[C@H](NC(=O)OC(C)(C)C)C(=O)O)c([N+](=O)[O-])c1. The van der Waals surface area contributed by atoms with Gasteiger partial charge in [-0.25, -0.2) is 9.59 Å². The highest BCUT2D eigenvalue weighted by atomic mass is 16.6. The second-order valence-corrected chi connectivity index (χ2v) is 6.08. The van der Waals surface area contributed by atoms with Crippen molar-refractivity contribution in [1.29, 1.82) is 0 Å². The zero-order valence-corrected chi connectivity index (χ0v) is 13.9. The number of alkyl carbamates (subject to hydrolysis) is 1. The first-order chi connectivity index (χ1) is 11.0. The van der Waals surface area contributed by atoms with Gasteiger partial charge in [0.05, 0.1) is 4.92 Å². The average Bonchev–Trinajstić information content (AvgIpc) is 2.41. The van der Waals surface area contributed by atoms with Gasteiger partial charge in [-0.3, -0.25) is 10.1 Å². The van der Waals surface area contributed by atoms with E-state index in [-0.39, 0.29) is 11.4 Å². The summed E-state index contributed by atoms with van der Waals surface area (Å²) in [6, 6.07) is 2.87. The number of nitrogens with zero attached hydrogens (tertiary/aromatic N) is 1. The quantitative estimate of drug-likeness (QED) is 0.600. The van der Waals surface area contributed by atoms with E-state index in [1.54, 1.807) is 33.8 Å². The number of ether oxygens (including phenoxy) is 2. The number of aryl methyl sites for hydroxylation is 1. The van der Waals surface area contributed by atoms with Crippen LogP contribution in [0.2, 0.25) is 0 Å². The first-order valence-electron chi connectivity index (χ1n) is 7.10. The van der Waals surface area contributed by atoms with Crippen LogP contribution in [0.25, 0.3) is 0 Å². The third kappa shape index (κ3) is 6.11. The molecule has 0 saturated heterocycles. The zero-order valence-electron chi connectivity index (χ0n) is 13.9. The Kier molecular flexibility index (Phi) is 6.10. The number of aliphatic carboxylic acids is 1. The smallest absolute Gasteiger partial charge is 0.408 e. The standard InChI is InChI=1S/C15H20N2O7/c1-9-5-6-12(11(7-9)17(21)22)23-8-10(13(18)19)16-14(20)24-15(2,3)4/h5-7,10H,8H2,1-4H3,(H,16,20)(H,18,19)/t10-/m0/s1. The average molecular weight is 340 g/mol. The van der Waals surface area contributed by atoms with E-state index in [9.17, 15) is 19.7 Å². The van der Waals surface area contributed by atoms with Crippen LogP contribution in [-0.4, -0.2) is 40.3 Å². The van der Waals surface area contributed by atoms with Crippen LogP contribution in [0.15, 0.2) is 18.2 Å². The Morgan fingerprint density at radius 2 is 2.00 bits per heavy atom. The number of benzene rings is 1. The predicted octanol–water partition coefficient (Wildman–Crippen LogP) is 2.26. The van der Waals surface area contributed by atoms with Crippen molar-refractivity contribution >= 4 is 17.7 Å². The lowest BCUT2D eigenvalue weighted by atomic mass is 10.2. The van der Waals surface area contributed by atoms with E-state index in [0.29, 0.717) is 5.56 Å². The topological polar surface area (TPSA) is 128 Å². The molecule has 1 aromatic carbocycles. The van der Waals surface area contributed by atoms with Crippen molar-refractivity contribution in [1.82, 2.24) is 5.32 Å². The minimum absolute atomic E-state index is 0.0807. The number of rotatable bonds is 6. The molecular weight excluding hydrogens is 320 g/mol. The fraction of sp³-hybridized carbons (Fsp3) is 0.467. The normalized spacial score (nSPS) is 12.2. The highest BCUT2D eigenvalue weighted by Crippen LogP contribution is 2.27. The second-order valence-electron chi connectivity index (χ2n) is 6.08. The molecule has 0 heterocycles. The summed E-state index contributed by atoms with van der Waals surface area (Å²) in [6.45, 7) is 6.09. The molecule has 9 nitrogen and oxygen atoms in total. The van der Waals surface area contributed by atoms with Gasteiger partial charge in [0.2, 0.25) is 0 Å². The van der Waals surface area contributed by atoms with E-state index >= 15 is 0 Å². The third-order valence-electron chi connectivity index (χ3n) is 2.71. The molecule has 0 radical (unpaired) electrons. The summed E-state index contributed by atoms with van der Waals surface area (Å²) < 4.78 is 10.2. The zero-order chi connectivity index (χ0) is 18.5. The van der Waals surface area contributed by atoms with Gasteiger partial charge in [-0.05, 0) is 39.3 Å². The van der Waals surface area contributed by atoms with Crippen molar-refractivity contribution in [3.8, 4) is 5.75 Å². The molecule has 0 aromatic heterocycles. The lowest BCUT2D eigenvalue weighted by molar-refractivity contribution is -0.385. The molecule has 1 rings (SSSR count). The number of amides is 1. The predicted molar refractivity (Wildman–Crippen MR) is 84.1 cm³/mol. The monoisotopic (exact) mass is 340 g/mol. The third-order valence-corrected chi connectivity index (χ3v) is 2.71. The number of carboxylic acids is 1. The van der Waals surface area contributed by atoms with Crippen LogP contribution in [0.3, 0.4) is 0 Å². The van der Waals surface area contributed by atoms with E-state index in [2.05, 4.69) is 5.32 Å². The highest BCUT2D eigenvalue weighted by molar-refractivity contribution is 5.80. The van der Waals surface area contributed by atoms with Gasteiger partial charge in [0, 0.05) is 6.07 Å². The summed E-state index contributed by atoms with van der Waals surface area (Å²) in [5.41, 5.74) is -0.406. The molecule has 0 unspecified atom stereocenters. The Hall–Kier alpha value is -2.84. The number of nitro benzene ring substituents is 1. The maximum Gasteiger partial charge on any atom is 0.408 e. The maximum atomic E-state index is 11.6. The van der Waals surface area contributed by atoms with E-state index in [1.165, 1.54) is 12.1 Å². The van der Waals surface area contributed by atoms with E-state index in [4.69, 9.17) is 14.6 Å². The summed E-state index contributed by atoms with van der Waals surface area (Å²) in [5, 5.41) is 22.3. The lowest BCUT2D eigenvalue weighted by Gasteiger charge is -2.22. The first kappa shape index (κ1) is 19.2. The Balaban J connectivity index is 2.80. The van der Waals surface area contributed by atoms with Crippen molar-refractivity contribution in [2.75, 3.05) is 6.61 Å². The molecule has 2 N–H and O–H groups in total. The number of carbonyl (C=O) groups is 2.